The minimum Gasteiger partial charge on any atom is -0.491 e. The summed E-state index contributed by atoms with van der Waals surface area (Å²) >= 11 is 0. The zero-order valence-corrected chi connectivity index (χ0v) is 10.9. The minimum absolute atomic E-state index is 0.233. The lowest BCUT2D eigenvalue weighted by molar-refractivity contribution is 0.0673. The molecule has 0 radical (unpaired) electrons. The van der Waals surface area contributed by atoms with Crippen LogP contribution < -0.4 is 10.1 Å². The highest BCUT2D eigenvalue weighted by atomic mass is 19.3. The number of nitrogens with one attached hydrogen (secondary N) is 1. The Morgan fingerprint density at radius 3 is 3.15 bits per heavy atom. The molecular weight excluding hydrogens is 264 g/mol. The van der Waals surface area contributed by atoms with E-state index in [-0.39, 0.29) is 6.54 Å². The second-order valence-electron chi connectivity index (χ2n) is 4.63. The molecule has 1 aliphatic rings. The fraction of sp³-hybridized carbons (Fsp3) is 0.357. The maximum absolute atomic E-state index is 12.7. The van der Waals surface area contributed by atoms with E-state index in [1.807, 2.05) is 18.2 Å². The van der Waals surface area contributed by atoms with Crippen molar-refractivity contribution < 1.29 is 13.5 Å². The van der Waals surface area contributed by atoms with Gasteiger partial charge in [0.1, 0.15) is 11.6 Å². The van der Waals surface area contributed by atoms with E-state index in [1.54, 1.807) is 0 Å². The summed E-state index contributed by atoms with van der Waals surface area (Å²) in [4.78, 5) is 3.94. The quantitative estimate of drug-likeness (QED) is 0.934. The molecular formula is C14H15F2N3O. The Kier molecular flexibility index (Phi) is 3.54. The first kappa shape index (κ1) is 12.9. The molecule has 0 fully saturated rings. The number of fused-ring (bicyclic) bond motifs is 1. The first-order chi connectivity index (χ1) is 9.75. The lowest BCUT2D eigenvalue weighted by Gasteiger charge is -2.21. The van der Waals surface area contributed by atoms with Gasteiger partial charge in [-0.05, 0) is 24.5 Å². The summed E-state index contributed by atoms with van der Waals surface area (Å²) in [5, 5.41) is 3.13. The zero-order valence-electron chi connectivity index (χ0n) is 10.9. The lowest BCUT2D eigenvalue weighted by atomic mass is 10.1. The summed E-state index contributed by atoms with van der Waals surface area (Å²) in [6.45, 7) is -1.65. The molecule has 0 spiro atoms. The normalized spacial score (nSPS) is 13.9. The molecule has 1 N–H and O–H groups in total. The molecule has 106 valence electrons. The van der Waals surface area contributed by atoms with Crippen LogP contribution >= 0.6 is 0 Å². The molecule has 2 heterocycles. The van der Waals surface area contributed by atoms with Crippen molar-refractivity contribution in [2.45, 2.75) is 25.9 Å². The van der Waals surface area contributed by atoms with Crippen LogP contribution in [0, 0.1) is 0 Å². The van der Waals surface area contributed by atoms with Crippen molar-refractivity contribution >= 4 is 5.69 Å². The molecule has 0 amide bonds. The van der Waals surface area contributed by atoms with Gasteiger partial charge in [-0.15, -0.1) is 0 Å². The van der Waals surface area contributed by atoms with Gasteiger partial charge in [-0.2, -0.15) is 8.78 Å². The Morgan fingerprint density at radius 2 is 2.30 bits per heavy atom. The fourth-order valence-electron chi connectivity index (χ4n) is 2.36. The van der Waals surface area contributed by atoms with Crippen LogP contribution in [0.5, 0.6) is 5.75 Å². The third kappa shape index (κ3) is 2.45. The third-order valence-corrected chi connectivity index (χ3v) is 3.33. The van der Waals surface area contributed by atoms with E-state index in [0.29, 0.717) is 12.4 Å². The van der Waals surface area contributed by atoms with E-state index in [9.17, 15) is 8.78 Å². The van der Waals surface area contributed by atoms with Crippen molar-refractivity contribution in [2.75, 3.05) is 11.9 Å². The highest BCUT2D eigenvalue weighted by Gasteiger charge is 2.15. The Balaban J connectivity index is 1.77. The molecule has 1 aromatic carbocycles. The number of ether oxygens (including phenoxy) is 1. The van der Waals surface area contributed by atoms with Gasteiger partial charge in [-0.25, -0.2) is 4.98 Å². The molecule has 4 nitrogen and oxygen atoms in total. The second kappa shape index (κ2) is 5.48. The Morgan fingerprint density at radius 1 is 1.40 bits per heavy atom. The van der Waals surface area contributed by atoms with E-state index in [1.165, 1.54) is 12.4 Å². The van der Waals surface area contributed by atoms with Crippen LogP contribution in [0.1, 0.15) is 24.4 Å². The molecule has 0 atom stereocenters. The number of nitrogens with zero attached hydrogens (tertiary/aromatic N) is 2. The lowest BCUT2D eigenvalue weighted by Crippen LogP contribution is -2.13. The van der Waals surface area contributed by atoms with Crippen LogP contribution in [0.4, 0.5) is 14.5 Å². The van der Waals surface area contributed by atoms with E-state index in [4.69, 9.17) is 4.74 Å². The maximum atomic E-state index is 12.7. The van der Waals surface area contributed by atoms with Crippen molar-refractivity contribution in [1.82, 2.24) is 9.55 Å². The third-order valence-electron chi connectivity index (χ3n) is 3.33. The van der Waals surface area contributed by atoms with Crippen molar-refractivity contribution in [3.05, 3.63) is 42.0 Å². The fourth-order valence-corrected chi connectivity index (χ4v) is 2.36. The topological polar surface area (TPSA) is 39.1 Å². The number of rotatable bonds is 4. The summed E-state index contributed by atoms with van der Waals surface area (Å²) in [5.41, 5.74) is 1.98. The van der Waals surface area contributed by atoms with Crippen molar-refractivity contribution in [1.29, 1.82) is 0 Å². The van der Waals surface area contributed by atoms with Gasteiger partial charge in [0.25, 0.3) is 0 Å². The van der Waals surface area contributed by atoms with Gasteiger partial charge in [0.05, 0.1) is 18.8 Å². The van der Waals surface area contributed by atoms with Crippen LogP contribution in [0.15, 0.2) is 30.6 Å². The van der Waals surface area contributed by atoms with Crippen LogP contribution in [-0.4, -0.2) is 16.2 Å². The van der Waals surface area contributed by atoms with E-state index < -0.39 is 6.55 Å². The SMILES string of the molecule is FC(F)n1ccnc1CNc1cccc2c1OCCC2. The van der Waals surface area contributed by atoms with E-state index >= 15 is 0 Å². The summed E-state index contributed by atoms with van der Waals surface area (Å²) < 4.78 is 32.0. The summed E-state index contributed by atoms with van der Waals surface area (Å²) in [5.74, 6) is 1.13. The molecule has 0 saturated heterocycles. The first-order valence-electron chi connectivity index (χ1n) is 6.54. The molecule has 0 unspecified atom stereocenters. The molecule has 2 aromatic rings. The Labute approximate surface area is 115 Å². The molecule has 3 rings (SSSR count). The Hall–Kier alpha value is -2.11. The van der Waals surface area contributed by atoms with Gasteiger partial charge < -0.3 is 10.1 Å². The number of hydrogen-bond donors (Lipinski definition) is 1. The second-order valence-corrected chi connectivity index (χ2v) is 4.63. The average Bonchev–Trinajstić information content (AvgIpc) is 2.93. The van der Waals surface area contributed by atoms with Crippen molar-refractivity contribution in [3.8, 4) is 5.75 Å². The first-order valence-corrected chi connectivity index (χ1v) is 6.54. The number of alkyl halides is 2. The van der Waals surface area contributed by atoms with Gasteiger partial charge in [0.15, 0.2) is 0 Å². The summed E-state index contributed by atoms with van der Waals surface area (Å²) in [7, 11) is 0. The molecule has 0 aliphatic carbocycles. The van der Waals surface area contributed by atoms with Gasteiger partial charge in [-0.1, -0.05) is 12.1 Å². The van der Waals surface area contributed by atoms with Crippen molar-refractivity contribution in [3.63, 3.8) is 0 Å². The van der Waals surface area contributed by atoms with Gasteiger partial charge in [0, 0.05) is 12.4 Å². The molecule has 20 heavy (non-hydrogen) atoms. The van der Waals surface area contributed by atoms with Gasteiger partial charge >= 0.3 is 6.55 Å². The molecule has 1 aromatic heterocycles. The number of para-hydroxylation sites is 1. The molecule has 6 heteroatoms. The number of benzene rings is 1. The number of aryl methyl sites for hydroxylation is 1. The Bertz CT molecular complexity index is 598. The van der Waals surface area contributed by atoms with E-state index in [0.717, 1.165) is 34.4 Å². The highest BCUT2D eigenvalue weighted by Crippen LogP contribution is 2.33. The number of imidazole rings is 1. The van der Waals surface area contributed by atoms with Gasteiger partial charge in [-0.3, -0.25) is 4.57 Å². The van der Waals surface area contributed by atoms with Crippen molar-refractivity contribution in [2.24, 2.45) is 0 Å². The number of anilines is 1. The van der Waals surface area contributed by atoms with Crippen LogP contribution in [-0.2, 0) is 13.0 Å². The minimum atomic E-state index is -2.57. The molecule has 1 aliphatic heterocycles. The predicted molar refractivity (Wildman–Crippen MR) is 71.1 cm³/mol. The highest BCUT2D eigenvalue weighted by molar-refractivity contribution is 5.60. The zero-order chi connectivity index (χ0) is 13.9. The van der Waals surface area contributed by atoms with E-state index in [2.05, 4.69) is 10.3 Å². The number of halogens is 2. The molecule has 0 saturated carbocycles. The van der Waals surface area contributed by atoms with Crippen LogP contribution in [0.2, 0.25) is 0 Å². The summed E-state index contributed by atoms with van der Waals surface area (Å²) in [6.07, 6.45) is 4.64. The standard InChI is InChI=1S/C14H15F2N3O/c15-14(16)19-7-6-17-12(19)9-18-11-5-1-3-10-4-2-8-20-13(10)11/h1,3,5-7,14,18H,2,4,8-9H2. The predicted octanol–water partition coefficient (Wildman–Crippen LogP) is 3.22. The van der Waals surface area contributed by atoms with Crippen LogP contribution in [0.25, 0.3) is 0 Å². The number of aromatic nitrogens is 2. The van der Waals surface area contributed by atoms with Gasteiger partial charge in [0.2, 0.25) is 0 Å². The number of hydrogen-bond acceptors (Lipinski definition) is 3. The smallest absolute Gasteiger partial charge is 0.319 e. The average molecular weight is 279 g/mol. The summed E-state index contributed by atoms with van der Waals surface area (Å²) in [6, 6.07) is 5.86. The maximum Gasteiger partial charge on any atom is 0.319 e. The van der Waals surface area contributed by atoms with Crippen LogP contribution in [0.3, 0.4) is 0 Å². The monoisotopic (exact) mass is 279 g/mol. The largest absolute Gasteiger partial charge is 0.491 e. The molecule has 0 bridgehead atoms.